The number of alkyl halides is 3. The number of primary amides is 1. The predicted molar refractivity (Wildman–Crippen MR) is 146 cm³/mol. The van der Waals surface area contributed by atoms with Crippen molar-refractivity contribution in [2.45, 2.75) is 89.7 Å². The number of carbonyl (C=O) groups excluding carboxylic acids is 1. The van der Waals surface area contributed by atoms with Crippen molar-refractivity contribution in [1.82, 2.24) is 19.7 Å². The number of halogens is 3. The standard InChI is InChI=1S/C28H36F3N5O2Si/c1-18-19(25(32)37)17-34-36(18)23-11-10-22(28(29,30)31)24(35-23)20-16-33-15-12-21(20)27(13-8-7-9-14-27)38-39(5,6)26(2,3)4/h10-12,15-17H,7-9,13-14H2,1-6H3,(H2,32,37). The summed E-state index contributed by atoms with van der Waals surface area (Å²) in [6, 6.07) is 4.03. The van der Waals surface area contributed by atoms with Gasteiger partial charge in [-0.1, -0.05) is 40.0 Å². The summed E-state index contributed by atoms with van der Waals surface area (Å²) in [5.41, 5.74) is 5.07. The molecule has 0 aliphatic heterocycles. The Labute approximate surface area is 228 Å². The molecular formula is C28H36F3N5O2Si. The molecule has 0 radical (unpaired) electrons. The highest BCUT2D eigenvalue weighted by molar-refractivity contribution is 6.74. The van der Waals surface area contributed by atoms with Gasteiger partial charge in [-0.3, -0.25) is 9.78 Å². The van der Waals surface area contributed by atoms with Crippen molar-refractivity contribution in [1.29, 1.82) is 0 Å². The zero-order valence-corrected chi connectivity index (χ0v) is 24.3. The molecule has 3 heterocycles. The van der Waals surface area contributed by atoms with Gasteiger partial charge in [0, 0.05) is 18.0 Å². The molecular weight excluding hydrogens is 523 g/mol. The van der Waals surface area contributed by atoms with Crippen molar-refractivity contribution in [2.75, 3.05) is 0 Å². The molecule has 1 fully saturated rings. The second-order valence-electron chi connectivity index (χ2n) is 11.8. The van der Waals surface area contributed by atoms with Gasteiger partial charge in [0.15, 0.2) is 14.1 Å². The summed E-state index contributed by atoms with van der Waals surface area (Å²) < 4.78 is 51.6. The Balaban J connectivity index is 1.96. The Morgan fingerprint density at radius 2 is 1.74 bits per heavy atom. The molecule has 3 aromatic rings. The molecule has 7 nitrogen and oxygen atoms in total. The number of nitrogens with two attached hydrogens (primary N) is 1. The second-order valence-corrected chi connectivity index (χ2v) is 16.5. The van der Waals surface area contributed by atoms with Crippen LogP contribution in [0.3, 0.4) is 0 Å². The number of hydrogen-bond acceptors (Lipinski definition) is 5. The normalized spacial score (nSPS) is 16.3. The Hall–Kier alpha value is -3.05. The van der Waals surface area contributed by atoms with Crippen LogP contribution in [0.25, 0.3) is 17.1 Å². The van der Waals surface area contributed by atoms with Crippen LogP contribution >= 0.6 is 0 Å². The number of rotatable bonds is 6. The Kier molecular flexibility index (Phi) is 7.54. The minimum absolute atomic E-state index is 0.0876. The molecule has 4 rings (SSSR count). The molecule has 210 valence electrons. The molecule has 39 heavy (non-hydrogen) atoms. The lowest BCUT2D eigenvalue weighted by Crippen LogP contribution is -2.49. The van der Waals surface area contributed by atoms with E-state index in [1.807, 2.05) is 0 Å². The fourth-order valence-electron chi connectivity index (χ4n) is 5.05. The van der Waals surface area contributed by atoms with Crippen LogP contribution in [0.2, 0.25) is 18.1 Å². The molecule has 1 aliphatic carbocycles. The smallest absolute Gasteiger partial charge is 0.407 e. The van der Waals surface area contributed by atoms with Gasteiger partial charge in [-0.05, 0) is 61.7 Å². The minimum Gasteiger partial charge on any atom is -0.407 e. The highest BCUT2D eigenvalue weighted by Gasteiger charge is 2.47. The van der Waals surface area contributed by atoms with E-state index in [2.05, 4.69) is 48.9 Å². The third-order valence-electron chi connectivity index (χ3n) is 8.16. The lowest BCUT2D eigenvalue weighted by molar-refractivity contribution is -0.137. The van der Waals surface area contributed by atoms with Gasteiger partial charge in [0.05, 0.1) is 34.3 Å². The van der Waals surface area contributed by atoms with Crippen LogP contribution in [0.15, 0.2) is 36.8 Å². The fourth-order valence-corrected chi connectivity index (χ4v) is 6.65. The zero-order valence-electron chi connectivity index (χ0n) is 23.3. The molecule has 3 aromatic heterocycles. The van der Waals surface area contributed by atoms with Crippen LogP contribution in [0.5, 0.6) is 0 Å². The number of hydrogen-bond donors (Lipinski definition) is 1. The summed E-state index contributed by atoms with van der Waals surface area (Å²) in [6.45, 7) is 12.4. The highest BCUT2D eigenvalue weighted by Crippen LogP contribution is 2.50. The van der Waals surface area contributed by atoms with E-state index in [9.17, 15) is 18.0 Å². The van der Waals surface area contributed by atoms with Crippen molar-refractivity contribution in [3.8, 4) is 17.1 Å². The molecule has 0 aromatic carbocycles. The first-order chi connectivity index (χ1) is 18.1. The molecule has 0 atom stereocenters. The maximum absolute atomic E-state index is 14.4. The van der Waals surface area contributed by atoms with Gasteiger partial charge in [0.1, 0.15) is 0 Å². The molecule has 2 N–H and O–H groups in total. The van der Waals surface area contributed by atoms with Gasteiger partial charge in [0.2, 0.25) is 0 Å². The van der Waals surface area contributed by atoms with Crippen LogP contribution in [-0.4, -0.2) is 34.0 Å². The summed E-state index contributed by atoms with van der Waals surface area (Å²) in [7, 11) is -2.32. The lowest BCUT2D eigenvalue weighted by atomic mass is 9.77. The summed E-state index contributed by atoms with van der Waals surface area (Å²) in [5.74, 6) is -0.539. The van der Waals surface area contributed by atoms with Crippen molar-refractivity contribution in [3.63, 3.8) is 0 Å². The van der Waals surface area contributed by atoms with Gasteiger partial charge in [-0.2, -0.15) is 18.3 Å². The second kappa shape index (κ2) is 10.2. The first-order valence-electron chi connectivity index (χ1n) is 13.2. The Morgan fingerprint density at radius 3 is 2.31 bits per heavy atom. The average molecular weight is 560 g/mol. The first kappa shape index (κ1) is 28.9. The van der Waals surface area contributed by atoms with E-state index in [1.54, 1.807) is 19.2 Å². The summed E-state index contributed by atoms with van der Waals surface area (Å²) >= 11 is 0. The molecule has 1 amide bonds. The van der Waals surface area contributed by atoms with E-state index >= 15 is 0 Å². The van der Waals surface area contributed by atoms with Crippen LogP contribution < -0.4 is 5.73 Å². The maximum Gasteiger partial charge on any atom is 0.418 e. The lowest BCUT2D eigenvalue weighted by Gasteiger charge is -2.48. The molecule has 0 unspecified atom stereocenters. The number of amides is 1. The topological polar surface area (TPSA) is 95.9 Å². The average Bonchev–Trinajstić information content (AvgIpc) is 3.24. The third-order valence-corrected chi connectivity index (χ3v) is 12.7. The molecule has 11 heteroatoms. The van der Waals surface area contributed by atoms with E-state index < -0.39 is 31.6 Å². The van der Waals surface area contributed by atoms with Gasteiger partial charge >= 0.3 is 6.18 Å². The van der Waals surface area contributed by atoms with Gasteiger partial charge < -0.3 is 10.2 Å². The Bertz CT molecular complexity index is 1370. The minimum atomic E-state index is -4.66. The van der Waals surface area contributed by atoms with Crippen LogP contribution in [0, 0.1) is 6.92 Å². The first-order valence-corrected chi connectivity index (χ1v) is 16.1. The molecule has 0 saturated heterocycles. The van der Waals surface area contributed by atoms with Crippen LogP contribution in [-0.2, 0) is 16.2 Å². The van der Waals surface area contributed by atoms with Crippen molar-refractivity contribution < 1.29 is 22.4 Å². The van der Waals surface area contributed by atoms with Crippen LogP contribution in [0.1, 0.15) is 80.1 Å². The van der Waals surface area contributed by atoms with E-state index in [4.69, 9.17) is 10.2 Å². The Morgan fingerprint density at radius 1 is 1.08 bits per heavy atom. The van der Waals surface area contributed by atoms with E-state index in [0.29, 0.717) is 24.1 Å². The maximum atomic E-state index is 14.4. The summed E-state index contributed by atoms with van der Waals surface area (Å²) in [4.78, 5) is 20.5. The monoisotopic (exact) mass is 559 g/mol. The molecule has 0 bridgehead atoms. The fraction of sp³-hybridized carbons (Fsp3) is 0.500. The summed E-state index contributed by atoms with van der Waals surface area (Å²) in [6.07, 6.45) is 3.98. The van der Waals surface area contributed by atoms with Gasteiger partial charge in [0.25, 0.3) is 5.91 Å². The molecule has 1 saturated carbocycles. The SMILES string of the molecule is Cc1c(C(N)=O)cnn1-c1ccc(C(F)(F)F)c(-c2cnccc2C2(O[Si](C)(C)C(C)(C)C)CCCCC2)n1. The predicted octanol–water partition coefficient (Wildman–Crippen LogP) is 6.94. The van der Waals surface area contributed by atoms with E-state index in [1.165, 1.54) is 23.1 Å². The van der Waals surface area contributed by atoms with Crippen molar-refractivity contribution in [3.05, 3.63) is 59.2 Å². The highest BCUT2D eigenvalue weighted by atomic mass is 28.4. The van der Waals surface area contributed by atoms with E-state index in [-0.39, 0.29) is 27.7 Å². The van der Waals surface area contributed by atoms with Gasteiger partial charge in [-0.25, -0.2) is 9.67 Å². The van der Waals surface area contributed by atoms with Crippen LogP contribution in [0.4, 0.5) is 13.2 Å². The largest absolute Gasteiger partial charge is 0.418 e. The molecule has 0 spiro atoms. The number of carbonyl (C=O) groups is 1. The number of nitrogens with zero attached hydrogens (tertiary/aromatic N) is 4. The van der Waals surface area contributed by atoms with Gasteiger partial charge in [-0.15, -0.1) is 0 Å². The van der Waals surface area contributed by atoms with Crippen molar-refractivity contribution in [2.24, 2.45) is 5.73 Å². The number of aromatic nitrogens is 4. The number of pyridine rings is 2. The van der Waals surface area contributed by atoms with E-state index in [0.717, 1.165) is 25.3 Å². The third kappa shape index (κ3) is 5.51. The zero-order chi connectivity index (χ0) is 28.8. The van der Waals surface area contributed by atoms with Crippen molar-refractivity contribution >= 4 is 14.2 Å². The quantitative estimate of drug-likeness (QED) is 0.330. The summed E-state index contributed by atoms with van der Waals surface area (Å²) in [5, 5.41) is 4.08. The molecule has 1 aliphatic rings.